The van der Waals surface area contributed by atoms with Crippen molar-refractivity contribution in [2.45, 2.75) is 18.4 Å². The molecule has 3 rings (SSSR count). The second kappa shape index (κ2) is 4.91. The standard InChI is InChI=1S/C15H12ClN3/c16-12-3-1-2-11(6-12)13-7-14(13)19-15-5-4-10(8-17)9-18-15/h1-6,9,13-14H,7H2,(H,18,19). The number of aromatic nitrogens is 1. The average molecular weight is 270 g/mol. The van der Waals surface area contributed by atoms with Gasteiger partial charge < -0.3 is 5.32 Å². The van der Waals surface area contributed by atoms with Crippen LogP contribution < -0.4 is 5.32 Å². The fourth-order valence-corrected chi connectivity index (χ4v) is 2.39. The van der Waals surface area contributed by atoms with Gasteiger partial charge in [0.15, 0.2) is 0 Å². The molecule has 0 spiro atoms. The minimum absolute atomic E-state index is 0.402. The normalized spacial score (nSPS) is 20.6. The molecule has 1 aliphatic carbocycles. The van der Waals surface area contributed by atoms with Crippen molar-refractivity contribution in [1.82, 2.24) is 4.98 Å². The lowest BCUT2D eigenvalue weighted by Gasteiger charge is -2.05. The number of rotatable bonds is 3. The molecule has 1 aromatic carbocycles. The lowest BCUT2D eigenvalue weighted by molar-refractivity contribution is 1.03. The van der Waals surface area contributed by atoms with Crippen molar-refractivity contribution < 1.29 is 0 Å². The largest absolute Gasteiger partial charge is 0.367 e. The van der Waals surface area contributed by atoms with Gasteiger partial charge in [-0.3, -0.25) is 0 Å². The molecule has 2 unspecified atom stereocenters. The summed E-state index contributed by atoms with van der Waals surface area (Å²) in [6, 6.07) is 14.1. The Bertz CT molecular complexity index is 631. The maximum atomic E-state index is 8.72. The fourth-order valence-electron chi connectivity index (χ4n) is 2.20. The highest BCUT2D eigenvalue weighted by atomic mass is 35.5. The predicted molar refractivity (Wildman–Crippen MR) is 75.2 cm³/mol. The predicted octanol–water partition coefficient (Wildman–Crippen LogP) is 3.57. The average Bonchev–Trinajstić information content (AvgIpc) is 3.19. The number of anilines is 1. The Kier molecular flexibility index (Phi) is 3.10. The SMILES string of the molecule is N#Cc1ccc(NC2CC2c2cccc(Cl)c2)nc1. The van der Waals surface area contributed by atoms with Crippen molar-refractivity contribution in [1.29, 1.82) is 5.26 Å². The van der Waals surface area contributed by atoms with Gasteiger partial charge >= 0.3 is 0 Å². The first kappa shape index (κ1) is 12.0. The molecule has 0 saturated heterocycles. The van der Waals surface area contributed by atoms with Crippen molar-refractivity contribution >= 4 is 17.4 Å². The highest BCUT2D eigenvalue weighted by Gasteiger charge is 2.38. The van der Waals surface area contributed by atoms with E-state index < -0.39 is 0 Å². The molecular weight excluding hydrogens is 258 g/mol. The molecule has 1 aliphatic rings. The van der Waals surface area contributed by atoms with Crippen molar-refractivity contribution in [3.8, 4) is 6.07 Å². The van der Waals surface area contributed by atoms with Crippen LogP contribution in [0.1, 0.15) is 23.5 Å². The van der Waals surface area contributed by atoms with Crippen LogP contribution in [-0.4, -0.2) is 11.0 Å². The van der Waals surface area contributed by atoms with Gasteiger partial charge in [-0.2, -0.15) is 5.26 Å². The summed E-state index contributed by atoms with van der Waals surface area (Å²) in [6.45, 7) is 0. The molecule has 19 heavy (non-hydrogen) atoms. The molecule has 1 fully saturated rings. The van der Waals surface area contributed by atoms with E-state index in [4.69, 9.17) is 16.9 Å². The van der Waals surface area contributed by atoms with Crippen LogP contribution in [0, 0.1) is 11.3 Å². The summed E-state index contributed by atoms with van der Waals surface area (Å²) in [5.41, 5.74) is 1.84. The van der Waals surface area contributed by atoms with Gasteiger partial charge in [-0.05, 0) is 36.2 Å². The number of nitrogens with zero attached hydrogens (tertiary/aromatic N) is 2. The van der Waals surface area contributed by atoms with Gasteiger partial charge in [0.05, 0.1) is 5.56 Å². The van der Waals surface area contributed by atoms with Crippen molar-refractivity contribution in [3.05, 3.63) is 58.7 Å². The number of halogens is 1. The molecule has 4 heteroatoms. The number of benzene rings is 1. The Morgan fingerprint density at radius 2 is 2.21 bits per heavy atom. The highest BCUT2D eigenvalue weighted by molar-refractivity contribution is 6.30. The van der Waals surface area contributed by atoms with Gasteiger partial charge in [-0.15, -0.1) is 0 Å². The van der Waals surface area contributed by atoms with Crippen LogP contribution in [0.15, 0.2) is 42.6 Å². The third-order valence-corrected chi connectivity index (χ3v) is 3.53. The summed E-state index contributed by atoms with van der Waals surface area (Å²) >= 11 is 5.99. The van der Waals surface area contributed by atoms with Gasteiger partial charge in [-0.1, -0.05) is 23.7 Å². The van der Waals surface area contributed by atoms with Crippen molar-refractivity contribution in [3.63, 3.8) is 0 Å². The number of pyridine rings is 1. The van der Waals surface area contributed by atoms with Gasteiger partial charge in [0.2, 0.25) is 0 Å². The van der Waals surface area contributed by atoms with Crippen LogP contribution in [-0.2, 0) is 0 Å². The first-order chi connectivity index (χ1) is 9.26. The van der Waals surface area contributed by atoms with Crippen LogP contribution >= 0.6 is 11.6 Å². The van der Waals surface area contributed by atoms with E-state index >= 15 is 0 Å². The van der Waals surface area contributed by atoms with E-state index in [1.54, 1.807) is 12.3 Å². The van der Waals surface area contributed by atoms with E-state index in [2.05, 4.69) is 22.4 Å². The minimum atomic E-state index is 0.402. The Balaban J connectivity index is 1.65. The summed E-state index contributed by atoms with van der Waals surface area (Å²) in [5, 5.41) is 12.9. The molecule has 2 aromatic rings. The smallest absolute Gasteiger partial charge is 0.126 e. The van der Waals surface area contributed by atoms with E-state index in [0.29, 0.717) is 17.5 Å². The van der Waals surface area contributed by atoms with Crippen molar-refractivity contribution in [2.24, 2.45) is 0 Å². The minimum Gasteiger partial charge on any atom is -0.367 e. The molecule has 94 valence electrons. The second-order valence-corrected chi connectivity index (χ2v) is 5.13. The lowest BCUT2D eigenvalue weighted by Crippen LogP contribution is -2.05. The molecule has 1 aromatic heterocycles. The molecule has 0 aliphatic heterocycles. The summed E-state index contributed by atoms with van der Waals surface area (Å²) in [6.07, 6.45) is 2.67. The molecule has 1 saturated carbocycles. The van der Waals surface area contributed by atoms with Gasteiger partial charge in [0.25, 0.3) is 0 Å². The van der Waals surface area contributed by atoms with E-state index in [-0.39, 0.29) is 0 Å². The zero-order valence-corrected chi connectivity index (χ0v) is 10.9. The summed E-state index contributed by atoms with van der Waals surface area (Å²) in [7, 11) is 0. The molecular formula is C15H12ClN3. The zero-order valence-electron chi connectivity index (χ0n) is 10.2. The van der Waals surface area contributed by atoms with E-state index in [1.165, 1.54) is 5.56 Å². The summed E-state index contributed by atoms with van der Waals surface area (Å²) < 4.78 is 0. The van der Waals surface area contributed by atoms with Crippen LogP contribution in [0.3, 0.4) is 0 Å². The fraction of sp³-hybridized carbons (Fsp3) is 0.200. The molecule has 2 atom stereocenters. The molecule has 1 heterocycles. The number of nitrogens with one attached hydrogen (secondary N) is 1. The first-order valence-electron chi connectivity index (χ1n) is 6.14. The highest BCUT2D eigenvalue weighted by Crippen LogP contribution is 2.43. The second-order valence-electron chi connectivity index (χ2n) is 4.69. The van der Waals surface area contributed by atoms with E-state index in [0.717, 1.165) is 17.3 Å². The summed E-state index contributed by atoms with van der Waals surface area (Å²) in [4.78, 5) is 4.22. The molecule has 0 amide bonds. The van der Waals surface area contributed by atoms with Gasteiger partial charge in [0.1, 0.15) is 11.9 Å². The Morgan fingerprint density at radius 3 is 2.89 bits per heavy atom. The third kappa shape index (κ3) is 2.69. The molecule has 0 bridgehead atoms. The Hall–Kier alpha value is -2.05. The number of hydrogen-bond acceptors (Lipinski definition) is 3. The maximum Gasteiger partial charge on any atom is 0.126 e. The van der Waals surface area contributed by atoms with E-state index in [9.17, 15) is 0 Å². The first-order valence-corrected chi connectivity index (χ1v) is 6.52. The maximum absolute atomic E-state index is 8.72. The third-order valence-electron chi connectivity index (χ3n) is 3.29. The zero-order chi connectivity index (χ0) is 13.2. The summed E-state index contributed by atoms with van der Waals surface area (Å²) in [5.74, 6) is 1.31. The lowest BCUT2D eigenvalue weighted by atomic mass is 10.1. The number of nitriles is 1. The Labute approximate surface area is 116 Å². The van der Waals surface area contributed by atoms with E-state index in [1.807, 2.05) is 24.3 Å². The number of hydrogen-bond donors (Lipinski definition) is 1. The van der Waals surface area contributed by atoms with Crippen LogP contribution in [0.5, 0.6) is 0 Å². The quantitative estimate of drug-likeness (QED) is 0.927. The molecule has 1 N–H and O–H groups in total. The van der Waals surface area contributed by atoms with Crippen LogP contribution in [0.25, 0.3) is 0 Å². The molecule has 3 nitrogen and oxygen atoms in total. The topological polar surface area (TPSA) is 48.7 Å². The Morgan fingerprint density at radius 1 is 1.32 bits per heavy atom. The molecule has 0 radical (unpaired) electrons. The van der Waals surface area contributed by atoms with Crippen LogP contribution in [0.4, 0.5) is 5.82 Å². The van der Waals surface area contributed by atoms with Gasteiger partial charge in [0, 0.05) is 23.2 Å². The van der Waals surface area contributed by atoms with Crippen LogP contribution in [0.2, 0.25) is 5.02 Å². The van der Waals surface area contributed by atoms with Crippen molar-refractivity contribution in [2.75, 3.05) is 5.32 Å². The van der Waals surface area contributed by atoms with Gasteiger partial charge in [-0.25, -0.2) is 4.98 Å². The monoisotopic (exact) mass is 269 g/mol.